The summed E-state index contributed by atoms with van der Waals surface area (Å²) in [6, 6.07) is 1.76. The molecule has 0 aromatic carbocycles. The molecule has 1 aromatic heterocycles. The van der Waals surface area contributed by atoms with Gasteiger partial charge in [0.05, 0.1) is 6.54 Å². The third kappa shape index (κ3) is 2.01. The highest BCUT2D eigenvalue weighted by Crippen LogP contribution is 2.11. The minimum atomic E-state index is 0.0137. The summed E-state index contributed by atoms with van der Waals surface area (Å²) in [7, 11) is 0. The average molecular weight is 257 g/mol. The molecule has 0 atom stereocenters. The van der Waals surface area contributed by atoms with E-state index in [2.05, 4.69) is 31.2 Å². The zero-order chi connectivity index (χ0) is 9.97. The van der Waals surface area contributed by atoms with Gasteiger partial charge in [-0.05, 0) is 22.0 Å². The minimum absolute atomic E-state index is 0.0137. The number of aromatic nitrogens is 2. The fraction of sp³-hybridized carbons (Fsp3) is 0.375. The first kappa shape index (κ1) is 9.39. The first-order chi connectivity index (χ1) is 6.75. The Labute approximate surface area is 89.7 Å². The number of carbonyl (C=O) groups excluding carboxylic acids is 1. The molecule has 0 unspecified atom stereocenters. The first-order valence-electron chi connectivity index (χ1n) is 4.26. The maximum absolute atomic E-state index is 11.1. The molecule has 0 bridgehead atoms. The van der Waals surface area contributed by atoms with Crippen LogP contribution in [0.2, 0.25) is 0 Å². The average Bonchev–Trinajstić information content (AvgIpc) is 2.18. The van der Waals surface area contributed by atoms with Gasteiger partial charge in [0, 0.05) is 19.3 Å². The van der Waals surface area contributed by atoms with Gasteiger partial charge in [0.2, 0.25) is 11.9 Å². The van der Waals surface area contributed by atoms with Crippen LogP contribution in [0.15, 0.2) is 16.9 Å². The van der Waals surface area contributed by atoms with E-state index in [1.807, 2.05) is 4.90 Å². The Balaban J connectivity index is 2.17. The highest BCUT2D eigenvalue weighted by atomic mass is 79.9. The molecular formula is C8H9BrN4O. The monoisotopic (exact) mass is 256 g/mol. The van der Waals surface area contributed by atoms with Crippen LogP contribution in [0.3, 0.4) is 0 Å². The van der Waals surface area contributed by atoms with Gasteiger partial charge in [-0.1, -0.05) is 0 Å². The number of amides is 1. The molecule has 74 valence electrons. The van der Waals surface area contributed by atoms with Gasteiger partial charge in [-0.25, -0.2) is 9.97 Å². The molecule has 14 heavy (non-hydrogen) atoms. The highest BCUT2D eigenvalue weighted by Gasteiger charge is 2.18. The van der Waals surface area contributed by atoms with Crippen LogP contribution < -0.4 is 10.2 Å². The van der Waals surface area contributed by atoms with Gasteiger partial charge in [-0.3, -0.25) is 4.79 Å². The number of piperazine rings is 1. The molecule has 0 radical (unpaired) electrons. The molecule has 6 heteroatoms. The van der Waals surface area contributed by atoms with Gasteiger partial charge in [0.25, 0.3) is 0 Å². The molecule has 0 spiro atoms. The van der Waals surface area contributed by atoms with Crippen LogP contribution in [0.5, 0.6) is 0 Å². The summed E-state index contributed by atoms with van der Waals surface area (Å²) >= 11 is 3.27. The number of anilines is 1. The molecule has 0 saturated carbocycles. The number of hydrogen-bond acceptors (Lipinski definition) is 4. The van der Waals surface area contributed by atoms with Crippen LogP contribution in [-0.4, -0.2) is 35.5 Å². The zero-order valence-corrected chi connectivity index (χ0v) is 8.99. The molecule has 2 rings (SSSR count). The molecule has 1 fully saturated rings. The van der Waals surface area contributed by atoms with Crippen molar-refractivity contribution in [2.45, 2.75) is 0 Å². The van der Waals surface area contributed by atoms with E-state index in [9.17, 15) is 4.79 Å². The number of halogens is 1. The summed E-state index contributed by atoms with van der Waals surface area (Å²) in [6.45, 7) is 1.73. The fourth-order valence-electron chi connectivity index (χ4n) is 1.29. The topological polar surface area (TPSA) is 58.1 Å². The number of nitrogens with one attached hydrogen (secondary N) is 1. The van der Waals surface area contributed by atoms with E-state index < -0.39 is 0 Å². The molecule has 2 heterocycles. The molecule has 1 aromatic rings. The van der Waals surface area contributed by atoms with Crippen molar-refractivity contribution in [2.75, 3.05) is 24.5 Å². The molecule has 1 aliphatic heterocycles. The highest BCUT2D eigenvalue weighted by molar-refractivity contribution is 9.10. The summed E-state index contributed by atoms with van der Waals surface area (Å²) < 4.78 is 0.730. The Bertz CT molecular complexity index is 357. The molecule has 0 aliphatic carbocycles. The van der Waals surface area contributed by atoms with Crippen LogP contribution in [0.1, 0.15) is 0 Å². The maximum Gasteiger partial charge on any atom is 0.239 e. The number of carbonyl (C=O) groups is 1. The first-order valence-corrected chi connectivity index (χ1v) is 5.05. The Morgan fingerprint density at radius 2 is 2.43 bits per heavy atom. The van der Waals surface area contributed by atoms with Crippen molar-refractivity contribution in [3.8, 4) is 0 Å². The predicted octanol–water partition coefficient (Wildman–Crippen LogP) is 0.175. The van der Waals surface area contributed by atoms with E-state index in [0.717, 1.165) is 11.1 Å². The van der Waals surface area contributed by atoms with Crippen LogP contribution in [0.25, 0.3) is 0 Å². The van der Waals surface area contributed by atoms with Crippen LogP contribution in [0.4, 0.5) is 5.95 Å². The van der Waals surface area contributed by atoms with Crippen molar-refractivity contribution in [3.63, 3.8) is 0 Å². The SMILES string of the molecule is O=C1CN(c2nccc(Br)n2)CCN1. The number of nitrogens with zero attached hydrogens (tertiary/aromatic N) is 3. The van der Waals surface area contributed by atoms with Crippen molar-refractivity contribution in [1.82, 2.24) is 15.3 Å². The van der Waals surface area contributed by atoms with Crippen molar-refractivity contribution in [3.05, 3.63) is 16.9 Å². The second-order valence-corrected chi connectivity index (χ2v) is 3.76. The van der Waals surface area contributed by atoms with E-state index >= 15 is 0 Å². The van der Waals surface area contributed by atoms with Crippen LogP contribution >= 0.6 is 15.9 Å². The number of rotatable bonds is 1. The fourth-order valence-corrected chi connectivity index (χ4v) is 1.57. The molecule has 5 nitrogen and oxygen atoms in total. The van der Waals surface area contributed by atoms with Crippen LogP contribution in [0, 0.1) is 0 Å². The van der Waals surface area contributed by atoms with Gasteiger partial charge in [-0.15, -0.1) is 0 Å². The summed E-state index contributed by atoms with van der Waals surface area (Å²) in [5.41, 5.74) is 0. The van der Waals surface area contributed by atoms with Gasteiger partial charge >= 0.3 is 0 Å². The molecule has 1 saturated heterocycles. The summed E-state index contributed by atoms with van der Waals surface area (Å²) in [5, 5.41) is 2.75. The molecular weight excluding hydrogens is 248 g/mol. The smallest absolute Gasteiger partial charge is 0.239 e. The lowest BCUT2D eigenvalue weighted by atomic mass is 10.4. The minimum Gasteiger partial charge on any atom is -0.353 e. The van der Waals surface area contributed by atoms with Crippen molar-refractivity contribution in [2.24, 2.45) is 0 Å². The second-order valence-electron chi connectivity index (χ2n) is 2.95. The lowest BCUT2D eigenvalue weighted by Crippen LogP contribution is -2.48. The zero-order valence-electron chi connectivity index (χ0n) is 7.40. The second kappa shape index (κ2) is 3.91. The van der Waals surface area contributed by atoms with Crippen molar-refractivity contribution >= 4 is 27.8 Å². The quantitative estimate of drug-likeness (QED) is 0.729. The van der Waals surface area contributed by atoms with E-state index in [4.69, 9.17) is 0 Å². The molecule has 1 N–H and O–H groups in total. The summed E-state index contributed by atoms with van der Waals surface area (Å²) in [6.07, 6.45) is 1.67. The standard InChI is InChI=1S/C8H9BrN4O/c9-6-1-2-11-8(12-6)13-4-3-10-7(14)5-13/h1-2H,3-5H2,(H,10,14). The third-order valence-electron chi connectivity index (χ3n) is 1.93. The Hall–Kier alpha value is -1.17. The predicted molar refractivity (Wildman–Crippen MR) is 55.0 cm³/mol. The van der Waals surface area contributed by atoms with Gasteiger partial charge < -0.3 is 10.2 Å². The van der Waals surface area contributed by atoms with Crippen molar-refractivity contribution in [1.29, 1.82) is 0 Å². The molecule has 1 amide bonds. The third-order valence-corrected chi connectivity index (χ3v) is 2.37. The van der Waals surface area contributed by atoms with Gasteiger partial charge in [0.1, 0.15) is 4.60 Å². The summed E-state index contributed by atoms with van der Waals surface area (Å²) in [4.78, 5) is 21.2. The van der Waals surface area contributed by atoms with E-state index in [-0.39, 0.29) is 5.91 Å². The largest absolute Gasteiger partial charge is 0.353 e. The lowest BCUT2D eigenvalue weighted by Gasteiger charge is -2.26. The summed E-state index contributed by atoms with van der Waals surface area (Å²) in [5.74, 6) is 0.606. The Kier molecular flexibility index (Phi) is 2.62. The van der Waals surface area contributed by atoms with E-state index in [1.54, 1.807) is 12.3 Å². The van der Waals surface area contributed by atoms with Crippen LogP contribution in [-0.2, 0) is 4.79 Å². The molecule has 1 aliphatic rings. The Morgan fingerprint density at radius 1 is 1.57 bits per heavy atom. The normalized spacial score (nSPS) is 16.6. The maximum atomic E-state index is 11.1. The van der Waals surface area contributed by atoms with Gasteiger partial charge in [-0.2, -0.15) is 0 Å². The number of hydrogen-bond donors (Lipinski definition) is 1. The Morgan fingerprint density at radius 3 is 3.14 bits per heavy atom. The lowest BCUT2D eigenvalue weighted by molar-refractivity contribution is -0.120. The van der Waals surface area contributed by atoms with E-state index in [1.165, 1.54) is 0 Å². The van der Waals surface area contributed by atoms with Crippen molar-refractivity contribution < 1.29 is 4.79 Å². The van der Waals surface area contributed by atoms with E-state index in [0.29, 0.717) is 19.0 Å². The van der Waals surface area contributed by atoms with Gasteiger partial charge in [0.15, 0.2) is 0 Å².